The summed E-state index contributed by atoms with van der Waals surface area (Å²) in [5, 5.41) is 11.3. The molecule has 80 valence electrons. The molecular formula is C10H13N3O2. The average molecular weight is 207 g/mol. The van der Waals surface area contributed by atoms with Gasteiger partial charge >= 0.3 is 5.97 Å². The third-order valence-electron chi connectivity index (χ3n) is 2.23. The molecule has 1 aromatic heterocycles. The Bertz CT molecular complexity index is 388. The lowest BCUT2D eigenvalue weighted by Crippen LogP contribution is -2.14. The standard InChI is InChI=1S/C10H13N3O2/c1-6-4-8(11-5-9(14)15)13-10(12-6)7-2-3-7/h4,7H,2-3,5H2,1H3,(H,14,15)(H,11,12,13). The smallest absolute Gasteiger partial charge is 0.322 e. The predicted octanol–water partition coefficient (Wildman–Crippen LogP) is 1.16. The Morgan fingerprint density at radius 1 is 1.60 bits per heavy atom. The van der Waals surface area contributed by atoms with Crippen LogP contribution in [0.25, 0.3) is 0 Å². The molecule has 0 aromatic carbocycles. The van der Waals surface area contributed by atoms with Gasteiger partial charge in [-0.2, -0.15) is 0 Å². The van der Waals surface area contributed by atoms with Crippen LogP contribution in [0.2, 0.25) is 0 Å². The van der Waals surface area contributed by atoms with Crippen molar-refractivity contribution in [1.29, 1.82) is 0 Å². The Morgan fingerprint density at radius 3 is 2.93 bits per heavy atom. The van der Waals surface area contributed by atoms with E-state index in [4.69, 9.17) is 5.11 Å². The highest BCUT2D eigenvalue weighted by Gasteiger charge is 2.26. The van der Waals surface area contributed by atoms with Crippen LogP contribution in [0, 0.1) is 6.92 Å². The highest BCUT2D eigenvalue weighted by atomic mass is 16.4. The molecule has 0 radical (unpaired) electrons. The largest absolute Gasteiger partial charge is 0.480 e. The van der Waals surface area contributed by atoms with Crippen molar-refractivity contribution in [3.63, 3.8) is 0 Å². The molecule has 0 spiro atoms. The second-order valence-electron chi connectivity index (χ2n) is 3.77. The first-order valence-electron chi connectivity index (χ1n) is 4.96. The molecule has 2 rings (SSSR count). The van der Waals surface area contributed by atoms with Gasteiger partial charge in [0.15, 0.2) is 0 Å². The maximum atomic E-state index is 10.4. The normalized spacial score (nSPS) is 15.0. The van der Waals surface area contributed by atoms with Gasteiger partial charge in [0.1, 0.15) is 18.2 Å². The first kappa shape index (κ1) is 9.89. The van der Waals surface area contributed by atoms with E-state index in [1.807, 2.05) is 6.92 Å². The second kappa shape index (κ2) is 3.84. The van der Waals surface area contributed by atoms with Crippen molar-refractivity contribution in [3.05, 3.63) is 17.6 Å². The number of aryl methyl sites for hydroxylation is 1. The van der Waals surface area contributed by atoms with Crippen LogP contribution in [-0.4, -0.2) is 27.6 Å². The van der Waals surface area contributed by atoms with E-state index in [1.54, 1.807) is 6.07 Å². The fourth-order valence-corrected chi connectivity index (χ4v) is 1.37. The van der Waals surface area contributed by atoms with Crippen molar-refractivity contribution >= 4 is 11.8 Å². The topological polar surface area (TPSA) is 75.1 Å². The van der Waals surface area contributed by atoms with Gasteiger partial charge in [0.25, 0.3) is 0 Å². The van der Waals surface area contributed by atoms with Gasteiger partial charge in [-0.15, -0.1) is 0 Å². The minimum Gasteiger partial charge on any atom is -0.480 e. The van der Waals surface area contributed by atoms with Gasteiger partial charge in [-0.1, -0.05) is 0 Å². The summed E-state index contributed by atoms with van der Waals surface area (Å²) in [5.41, 5.74) is 0.875. The molecule has 1 fully saturated rings. The molecular weight excluding hydrogens is 194 g/mol. The third kappa shape index (κ3) is 2.65. The summed E-state index contributed by atoms with van der Waals surface area (Å²) in [5.74, 6) is 1.03. The first-order chi connectivity index (χ1) is 7.15. The summed E-state index contributed by atoms with van der Waals surface area (Å²) in [6, 6.07) is 1.76. The average Bonchev–Trinajstić information content (AvgIpc) is 2.97. The van der Waals surface area contributed by atoms with Crippen molar-refractivity contribution in [2.24, 2.45) is 0 Å². The zero-order valence-electron chi connectivity index (χ0n) is 8.53. The van der Waals surface area contributed by atoms with E-state index in [1.165, 1.54) is 0 Å². The number of carboxylic acid groups (broad SMARTS) is 1. The summed E-state index contributed by atoms with van der Waals surface area (Å²) in [6.07, 6.45) is 2.28. The highest BCUT2D eigenvalue weighted by Crippen LogP contribution is 2.38. The van der Waals surface area contributed by atoms with Crippen LogP contribution in [0.4, 0.5) is 5.82 Å². The van der Waals surface area contributed by atoms with Crippen LogP contribution in [0.15, 0.2) is 6.07 Å². The third-order valence-corrected chi connectivity index (χ3v) is 2.23. The Hall–Kier alpha value is -1.65. The summed E-state index contributed by atoms with van der Waals surface area (Å²) in [7, 11) is 0. The summed E-state index contributed by atoms with van der Waals surface area (Å²) in [4.78, 5) is 19.0. The lowest BCUT2D eigenvalue weighted by Gasteiger charge is -2.05. The number of aromatic nitrogens is 2. The molecule has 15 heavy (non-hydrogen) atoms. The molecule has 0 atom stereocenters. The quantitative estimate of drug-likeness (QED) is 0.774. The van der Waals surface area contributed by atoms with E-state index >= 15 is 0 Å². The van der Waals surface area contributed by atoms with Crippen LogP contribution < -0.4 is 5.32 Å². The minimum atomic E-state index is -0.890. The predicted molar refractivity (Wildman–Crippen MR) is 54.9 cm³/mol. The number of nitrogens with zero attached hydrogens (tertiary/aromatic N) is 2. The van der Waals surface area contributed by atoms with Crippen molar-refractivity contribution in [2.75, 3.05) is 11.9 Å². The van der Waals surface area contributed by atoms with E-state index < -0.39 is 5.97 Å². The Balaban J connectivity index is 2.12. The molecule has 0 bridgehead atoms. The SMILES string of the molecule is Cc1cc(NCC(=O)O)nc(C2CC2)n1. The van der Waals surface area contributed by atoms with E-state index in [-0.39, 0.29) is 6.54 Å². The number of hydrogen-bond donors (Lipinski definition) is 2. The maximum Gasteiger partial charge on any atom is 0.322 e. The van der Waals surface area contributed by atoms with Gasteiger partial charge in [0.05, 0.1) is 0 Å². The fraction of sp³-hybridized carbons (Fsp3) is 0.500. The minimum absolute atomic E-state index is 0.111. The number of hydrogen-bond acceptors (Lipinski definition) is 4. The van der Waals surface area contributed by atoms with Crippen molar-refractivity contribution in [3.8, 4) is 0 Å². The van der Waals surface area contributed by atoms with Gasteiger partial charge < -0.3 is 10.4 Å². The molecule has 0 aliphatic heterocycles. The molecule has 1 aliphatic carbocycles. The second-order valence-corrected chi connectivity index (χ2v) is 3.77. The highest BCUT2D eigenvalue weighted by molar-refractivity contribution is 5.72. The Labute approximate surface area is 87.6 Å². The van der Waals surface area contributed by atoms with E-state index in [0.29, 0.717) is 11.7 Å². The fourth-order valence-electron chi connectivity index (χ4n) is 1.37. The van der Waals surface area contributed by atoms with Crippen LogP contribution in [0.5, 0.6) is 0 Å². The zero-order valence-corrected chi connectivity index (χ0v) is 8.53. The number of aliphatic carboxylic acids is 1. The molecule has 5 heteroatoms. The number of rotatable bonds is 4. The number of nitrogens with one attached hydrogen (secondary N) is 1. The van der Waals surface area contributed by atoms with Crippen molar-refractivity contribution in [2.45, 2.75) is 25.7 Å². The maximum absolute atomic E-state index is 10.4. The molecule has 0 unspecified atom stereocenters. The van der Waals surface area contributed by atoms with Crippen LogP contribution in [0.1, 0.15) is 30.3 Å². The Morgan fingerprint density at radius 2 is 2.33 bits per heavy atom. The van der Waals surface area contributed by atoms with E-state index in [2.05, 4.69) is 15.3 Å². The van der Waals surface area contributed by atoms with Crippen LogP contribution in [0.3, 0.4) is 0 Å². The number of anilines is 1. The first-order valence-corrected chi connectivity index (χ1v) is 4.96. The van der Waals surface area contributed by atoms with Gasteiger partial charge in [-0.05, 0) is 19.8 Å². The molecule has 1 aliphatic rings. The van der Waals surface area contributed by atoms with Crippen LogP contribution >= 0.6 is 0 Å². The van der Waals surface area contributed by atoms with Gasteiger partial charge in [-0.3, -0.25) is 4.79 Å². The van der Waals surface area contributed by atoms with Crippen molar-refractivity contribution < 1.29 is 9.90 Å². The summed E-state index contributed by atoms with van der Waals surface area (Å²) >= 11 is 0. The lowest BCUT2D eigenvalue weighted by molar-refractivity contribution is -0.134. The Kier molecular flexibility index (Phi) is 2.53. The van der Waals surface area contributed by atoms with Gasteiger partial charge in [0.2, 0.25) is 0 Å². The molecule has 0 saturated heterocycles. The monoisotopic (exact) mass is 207 g/mol. The molecule has 1 heterocycles. The van der Waals surface area contributed by atoms with Gasteiger partial charge in [-0.25, -0.2) is 9.97 Å². The zero-order chi connectivity index (χ0) is 10.8. The molecule has 1 saturated carbocycles. The van der Waals surface area contributed by atoms with Gasteiger partial charge in [0, 0.05) is 17.7 Å². The summed E-state index contributed by atoms with van der Waals surface area (Å²) < 4.78 is 0. The van der Waals surface area contributed by atoms with E-state index in [9.17, 15) is 4.79 Å². The molecule has 2 N–H and O–H groups in total. The van der Waals surface area contributed by atoms with E-state index in [0.717, 1.165) is 24.4 Å². The molecule has 5 nitrogen and oxygen atoms in total. The summed E-state index contributed by atoms with van der Waals surface area (Å²) in [6.45, 7) is 1.78. The molecule has 1 aromatic rings. The number of carboxylic acids is 1. The van der Waals surface area contributed by atoms with Crippen molar-refractivity contribution in [1.82, 2.24) is 9.97 Å². The lowest BCUT2D eigenvalue weighted by atomic mass is 10.3. The molecule has 0 amide bonds. The number of carbonyl (C=O) groups is 1. The van der Waals surface area contributed by atoms with Crippen LogP contribution in [-0.2, 0) is 4.79 Å².